The highest BCUT2D eigenvalue weighted by atomic mass is 32.1. The molecule has 0 atom stereocenters. The second kappa shape index (κ2) is 8.71. The largest absolute Gasteiger partial charge is 0.465 e. The van der Waals surface area contributed by atoms with E-state index in [0.717, 1.165) is 22.4 Å². The molecule has 0 spiro atoms. The molecule has 0 saturated carbocycles. The van der Waals surface area contributed by atoms with Gasteiger partial charge in [0.05, 0.1) is 18.4 Å². The molecule has 6 heteroatoms. The van der Waals surface area contributed by atoms with Crippen LogP contribution in [0.5, 0.6) is 0 Å². The lowest BCUT2D eigenvalue weighted by Gasteiger charge is -2.04. The number of rotatable bonds is 5. The van der Waals surface area contributed by atoms with Crippen LogP contribution in [0.15, 0.2) is 84.2 Å². The first-order chi connectivity index (χ1) is 14.6. The van der Waals surface area contributed by atoms with Crippen molar-refractivity contribution in [2.24, 2.45) is 0 Å². The van der Waals surface area contributed by atoms with Crippen molar-refractivity contribution >= 4 is 28.3 Å². The van der Waals surface area contributed by atoms with Crippen molar-refractivity contribution in [3.8, 4) is 22.4 Å². The van der Waals surface area contributed by atoms with Crippen LogP contribution in [0.25, 0.3) is 22.4 Å². The highest BCUT2D eigenvalue weighted by Crippen LogP contribution is 2.28. The Bertz CT molecular complexity index is 1170. The molecule has 4 aromatic rings. The monoisotopic (exact) mass is 414 g/mol. The van der Waals surface area contributed by atoms with Crippen molar-refractivity contribution in [3.63, 3.8) is 0 Å². The minimum absolute atomic E-state index is 0.285. The molecule has 0 aliphatic heterocycles. The number of hydrogen-bond acceptors (Lipinski definition) is 5. The Hall–Kier alpha value is -3.77. The Labute approximate surface area is 178 Å². The van der Waals surface area contributed by atoms with Crippen LogP contribution in [0.2, 0.25) is 0 Å². The highest BCUT2D eigenvalue weighted by Gasteiger charge is 2.12. The summed E-state index contributed by atoms with van der Waals surface area (Å²) in [5.41, 5.74) is 4.91. The summed E-state index contributed by atoms with van der Waals surface area (Å²) in [6.45, 7) is 0. The average molecular weight is 414 g/mol. The number of thiazole rings is 1. The summed E-state index contributed by atoms with van der Waals surface area (Å²) in [4.78, 5) is 28.5. The fourth-order valence-corrected chi connectivity index (χ4v) is 3.69. The van der Waals surface area contributed by atoms with E-state index < -0.39 is 5.97 Å². The normalized spacial score (nSPS) is 10.4. The molecule has 30 heavy (non-hydrogen) atoms. The van der Waals surface area contributed by atoms with Gasteiger partial charge >= 0.3 is 5.97 Å². The zero-order valence-electron chi connectivity index (χ0n) is 16.2. The quantitative estimate of drug-likeness (QED) is 0.437. The molecule has 1 N–H and O–H groups in total. The second-order valence-electron chi connectivity index (χ2n) is 6.50. The molecular formula is C24H18N2O3S. The summed E-state index contributed by atoms with van der Waals surface area (Å²) in [5.74, 6) is -0.725. The van der Waals surface area contributed by atoms with E-state index in [0.29, 0.717) is 16.3 Å². The van der Waals surface area contributed by atoms with Crippen molar-refractivity contribution in [3.05, 3.63) is 95.4 Å². The van der Waals surface area contributed by atoms with Crippen molar-refractivity contribution in [1.29, 1.82) is 0 Å². The summed E-state index contributed by atoms with van der Waals surface area (Å²) in [5, 5.41) is 5.22. The van der Waals surface area contributed by atoms with Gasteiger partial charge in [0.1, 0.15) is 0 Å². The minimum Gasteiger partial charge on any atom is -0.465 e. The smallest absolute Gasteiger partial charge is 0.337 e. The topological polar surface area (TPSA) is 68.3 Å². The van der Waals surface area contributed by atoms with E-state index in [4.69, 9.17) is 0 Å². The Kier molecular flexibility index (Phi) is 5.68. The van der Waals surface area contributed by atoms with Gasteiger partial charge in [-0.05, 0) is 35.4 Å². The van der Waals surface area contributed by atoms with Gasteiger partial charge in [-0.25, -0.2) is 9.78 Å². The number of hydrogen-bond donors (Lipinski definition) is 1. The predicted octanol–water partition coefficient (Wildman–Crippen LogP) is 5.52. The van der Waals surface area contributed by atoms with Crippen molar-refractivity contribution in [2.45, 2.75) is 0 Å². The molecular weight excluding hydrogens is 396 g/mol. The number of carbonyl (C=O) groups is 2. The predicted molar refractivity (Wildman–Crippen MR) is 119 cm³/mol. The Morgan fingerprint density at radius 1 is 0.800 bits per heavy atom. The lowest BCUT2D eigenvalue weighted by molar-refractivity contribution is 0.0600. The summed E-state index contributed by atoms with van der Waals surface area (Å²) in [6.07, 6.45) is 0. The molecule has 3 aromatic carbocycles. The molecule has 0 fully saturated rings. The van der Waals surface area contributed by atoms with E-state index in [1.54, 1.807) is 24.3 Å². The molecule has 0 unspecified atom stereocenters. The number of ether oxygens (including phenoxy) is 1. The van der Waals surface area contributed by atoms with E-state index in [1.807, 2.05) is 35.7 Å². The number of carbonyl (C=O) groups excluding carboxylic acids is 2. The Morgan fingerprint density at radius 2 is 1.40 bits per heavy atom. The maximum Gasteiger partial charge on any atom is 0.337 e. The van der Waals surface area contributed by atoms with Crippen LogP contribution in [0.3, 0.4) is 0 Å². The molecule has 1 heterocycles. The second-order valence-corrected chi connectivity index (χ2v) is 7.36. The standard InChI is InChI=1S/C24H18N2O3S/c1-29-23(28)20-13-11-19(12-14-20)22(27)26-24-25-21(15-30-24)18-9-7-17(8-10-18)16-5-3-2-4-6-16/h2-15H,1H3,(H,25,26,27). The van der Waals surface area contributed by atoms with E-state index in [9.17, 15) is 9.59 Å². The number of esters is 1. The van der Waals surface area contributed by atoms with Gasteiger partial charge < -0.3 is 4.74 Å². The molecule has 148 valence electrons. The van der Waals surface area contributed by atoms with Crippen LogP contribution in [-0.4, -0.2) is 24.0 Å². The zero-order valence-corrected chi connectivity index (χ0v) is 17.0. The Balaban J connectivity index is 1.45. The summed E-state index contributed by atoms with van der Waals surface area (Å²) in [7, 11) is 1.32. The summed E-state index contributed by atoms with van der Waals surface area (Å²) >= 11 is 1.36. The van der Waals surface area contributed by atoms with Crippen LogP contribution < -0.4 is 5.32 Å². The summed E-state index contributed by atoms with van der Waals surface area (Å²) in [6, 6.07) is 24.6. The van der Waals surface area contributed by atoms with Gasteiger partial charge in [-0.1, -0.05) is 54.6 Å². The first-order valence-electron chi connectivity index (χ1n) is 9.25. The van der Waals surface area contributed by atoms with E-state index in [1.165, 1.54) is 18.4 Å². The molecule has 5 nitrogen and oxygen atoms in total. The van der Waals surface area contributed by atoms with Crippen LogP contribution >= 0.6 is 11.3 Å². The van der Waals surface area contributed by atoms with E-state index in [2.05, 4.69) is 39.3 Å². The third kappa shape index (κ3) is 4.29. The van der Waals surface area contributed by atoms with Gasteiger partial charge in [-0.3, -0.25) is 10.1 Å². The maximum atomic E-state index is 12.5. The average Bonchev–Trinajstić information content (AvgIpc) is 3.27. The van der Waals surface area contributed by atoms with Gasteiger partial charge in [0.25, 0.3) is 5.91 Å². The third-order valence-electron chi connectivity index (χ3n) is 4.58. The first kappa shape index (κ1) is 19.5. The minimum atomic E-state index is -0.440. The fourth-order valence-electron chi connectivity index (χ4n) is 2.97. The number of methoxy groups -OCH3 is 1. The number of amides is 1. The number of nitrogens with zero attached hydrogens (tertiary/aromatic N) is 1. The molecule has 0 radical (unpaired) electrons. The van der Waals surface area contributed by atoms with E-state index in [-0.39, 0.29) is 5.91 Å². The lowest BCUT2D eigenvalue weighted by atomic mass is 10.0. The third-order valence-corrected chi connectivity index (χ3v) is 5.34. The first-order valence-corrected chi connectivity index (χ1v) is 10.1. The number of nitrogens with one attached hydrogen (secondary N) is 1. The van der Waals surface area contributed by atoms with Gasteiger partial charge in [-0.15, -0.1) is 11.3 Å². The van der Waals surface area contributed by atoms with Crippen LogP contribution in [0.4, 0.5) is 5.13 Å². The Morgan fingerprint density at radius 3 is 2.07 bits per heavy atom. The number of aromatic nitrogens is 1. The number of anilines is 1. The molecule has 0 saturated heterocycles. The van der Waals surface area contributed by atoms with Gasteiger partial charge in [0, 0.05) is 16.5 Å². The molecule has 0 aliphatic carbocycles. The number of benzene rings is 3. The molecule has 1 aromatic heterocycles. The van der Waals surface area contributed by atoms with Crippen molar-refractivity contribution in [2.75, 3.05) is 12.4 Å². The van der Waals surface area contributed by atoms with Crippen LogP contribution in [-0.2, 0) is 4.74 Å². The lowest BCUT2D eigenvalue weighted by Crippen LogP contribution is -2.12. The molecule has 0 aliphatic rings. The van der Waals surface area contributed by atoms with Crippen molar-refractivity contribution < 1.29 is 14.3 Å². The van der Waals surface area contributed by atoms with Crippen LogP contribution in [0, 0.1) is 0 Å². The van der Waals surface area contributed by atoms with Gasteiger partial charge in [-0.2, -0.15) is 0 Å². The fraction of sp³-hybridized carbons (Fsp3) is 0.0417. The summed E-state index contributed by atoms with van der Waals surface area (Å²) < 4.78 is 4.66. The van der Waals surface area contributed by atoms with Gasteiger partial charge in [0.2, 0.25) is 0 Å². The molecule has 0 bridgehead atoms. The van der Waals surface area contributed by atoms with Crippen molar-refractivity contribution in [1.82, 2.24) is 4.98 Å². The highest BCUT2D eigenvalue weighted by molar-refractivity contribution is 7.14. The zero-order chi connectivity index (χ0) is 20.9. The molecule has 1 amide bonds. The van der Waals surface area contributed by atoms with E-state index >= 15 is 0 Å². The maximum absolute atomic E-state index is 12.5. The van der Waals surface area contributed by atoms with Gasteiger partial charge in [0.15, 0.2) is 5.13 Å². The SMILES string of the molecule is COC(=O)c1ccc(C(=O)Nc2nc(-c3ccc(-c4ccccc4)cc3)cs2)cc1. The molecule has 4 rings (SSSR count). The van der Waals surface area contributed by atoms with Crippen LogP contribution in [0.1, 0.15) is 20.7 Å².